The van der Waals surface area contributed by atoms with Crippen LogP contribution in [0.1, 0.15) is 70.1 Å². The van der Waals surface area contributed by atoms with Gasteiger partial charge in [0.1, 0.15) is 5.75 Å². The molecule has 0 aliphatic heterocycles. The van der Waals surface area contributed by atoms with E-state index in [-0.39, 0.29) is 11.5 Å². The molecule has 0 atom stereocenters. The van der Waals surface area contributed by atoms with E-state index in [1.54, 1.807) is 26.0 Å². The molecular weight excluding hydrogens is 408 g/mol. The summed E-state index contributed by atoms with van der Waals surface area (Å²) in [5.74, 6) is 0.499. The summed E-state index contributed by atoms with van der Waals surface area (Å²) in [7, 11) is 1.38. The summed E-state index contributed by atoms with van der Waals surface area (Å²) in [6.45, 7) is 11.6. The van der Waals surface area contributed by atoms with Gasteiger partial charge in [0, 0.05) is 5.56 Å². The molecule has 0 radical (unpaired) electrons. The molecule has 2 aromatic carbocycles. The van der Waals surface area contributed by atoms with Crippen molar-refractivity contribution >= 4 is 23.2 Å². The van der Waals surface area contributed by atoms with E-state index in [0.29, 0.717) is 21.7 Å². The smallest absolute Gasteiger partial charge is 0.416 e. The van der Waals surface area contributed by atoms with E-state index >= 15 is 0 Å². The van der Waals surface area contributed by atoms with Crippen LogP contribution in [0.5, 0.6) is 5.75 Å². The van der Waals surface area contributed by atoms with Crippen molar-refractivity contribution < 1.29 is 17.9 Å². The number of halogens is 5. The Morgan fingerprint density at radius 1 is 0.857 bits per heavy atom. The van der Waals surface area contributed by atoms with Crippen molar-refractivity contribution in [2.75, 3.05) is 7.11 Å². The third kappa shape index (κ3) is 7.56. The highest BCUT2D eigenvalue weighted by atomic mass is 35.5. The number of alkyl halides is 3. The fraction of sp³-hybridized carbons (Fsp3) is 0.455. The Labute approximate surface area is 176 Å². The normalized spacial score (nSPS) is 10.8. The molecule has 0 N–H and O–H groups in total. The van der Waals surface area contributed by atoms with Crippen molar-refractivity contribution in [1.82, 2.24) is 0 Å². The average Bonchev–Trinajstić information content (AvgIpc) is 2.64. The van der Waals surface area contributed by atoms with E-state index in [9.17, 15) is 13.2 Å². The Hall–Kier alpha value is -1.39. The summed E-state index contributed by atoms with van der Waals surface area (Å²) < 4.78 is 43.0. The number of hydrogen-bond acceptors (Lipinski definition) is 1. The average molecular weight is 437 g/mol. The summed E-state index contributed by atoms with van der Waals surface area (Å²) in [6.07, 6.45) is -4.33. The number of hydrogen-bond donors (Lipinski definition) is 0. The highest BCUT2D eigenvalue weighted by molar-refractivity contribution is 6.42. The fourth-order valence-electron chi connectivity index (χ4n) is 2.53. The molecule has 0 spiro atoms. The first kappa shape index (κ1) is 26.6. The molecule has 0 saturated heterocycles. The molecule has 158 valence electrons. The highest BCUT2D eigenvalue weighted by Gasteiger charge is 2.35. The zero-order chi connectivity index (χ0) is 22.1. The standard InChI is InChI=1S/C11H13F3O.C9H10Cl2.C2H6/c1-7(2)10-8(11(12,13)14)5-4-6-9(10)15-3;1-6(2)7-4-3-5-8(10)9(7)11;1-2/h4-7H,1-3H3;3-6H,1-2H3;1-2H3. The van der Waals surface area contributed by atoms with E-state index in [1.807, 2.05) is 26.0 Å². The molecule has 0 amide bonds. The van der Waals surface area contributed by atoms with E-state index in [0.717, 1.165) is 11.6 Å². The van der Waals surface area contributed by atoms with Gasteiger partial charge in [-0.1, -0.05) is 82.9 Å². The van der Waals surface area contributed by atoms with Gasteiger partial charge in [-0.2, -0.15) is 13.2 Å². The highest BCUT2D eigenvalue weighted by Crippen LogP contribution is 2.39. The minimum atomic E-state index is -4.33. The van der Waals surface area contributed by atoms with Crippen molar-refractivity contribution in [2.24, 2.45) is 0 Å². The van der Waals surface area contributed by atoms with Crippen LogP contribution in [0.2, 0.25) is 10.0 Å². The van der Waals surface area contributed by atoms with Gasteiger partial charge in [0.15, 0.2) is 0 Å². The predicted molar refractivity (Wildman–Crippen MR) is 114 cm³/mol. The molecule has 0 aliphatic rings. The summed E-state index contributed by atoms with van der Waals surface area (Å²) in [5.41, 5.74) is 0.712. The lowest BCUT2D eigenvalue weighted by atomic mass is 9.96. The van der Waals surface area contributed by atoms with Crippen LogP contribution in [-0.2, 0) is 6.18 Å². The molecule has 0 heterocycles. The van der Waals surface area contributed by atoms with Crippen molar-refractivity contribution in [2.45, 2.75) is 59.6 Å². The number of benzene rings is 2. The summed E-state index contributed by atoms with van der Waals surface area (Å²) in [4.78, 5) is 0. The monoisotopic (exact) mass is 436 g/mol. The van der Waals surface area contributed by atoms with E-state index < -0.39 is 11.7 Å². The van der Waals surface area contributed by atoms with Crippen molar-refractivity contribution in [1.29, 1.82) is 0 Å². The van der Waals surface area contributed by atoms with Crippen LogP contribution >= 0.6 is 23.2 Å². The molecule has 0 saturated carbocycles. The molecule has 0 aromatic heterocycles. The van der Waals surface area contributed by atoms with Gasteiger partial charge in [0.05, 0.1) is 22.7 Å². The zero-order valence-corrected chi connectivity index (χ0v) is 18.9. The Balaban J connectivity index is 0.000000497. The lowest BCUT2D eigenvalue weighted by Gasteiger charge is -2.18. The number of methoxy groups -OCH3 is 1. The largest absolute Gasteiger partial charge is 0.496 e. The van der Waals surface area contributed by atoms with Gasteiger partial charge in [0.25, 0.3) is 0 Å². The second-order valence-corrected chi connectivity index (χ2v) is 7.16. The van der Waals surface area contributed by atoms with Gasteiger partial charge in [-0.3, -0.25) is 0 Å². The third-order valence-corrected chi connectivity index (χ3v) is 4.61. The predicted octanol–water partition coefficient (Wildman–Crippen LogP) is 8.98. The van der Waals surface area contributed by atoms with Crippen molar-refractivity contribution in [3.05, 3.63) is 63.1 Å². The maximum Gasteiger partial charge on any atom is 0.416 e. The van der Waals surface area contributed by atoms with Crippen LogP contribution < -0.4 is 4.74 Å². The molecule has 2 rings (SSSR count). The van der Waals surface area contributed by atoms with Gasteiger partial charge in [-0.25, -0.2) is 0 Å². The van der Waals surface area contributed by atoms with Crippen LogP contribution in [0.3, 0.4) is 0 Å². The third-order valence-electron chi connectivity index (χ3n) is 3.77. The van der Waals surface area contributed by atoms with Crippen LogP contribution in [-0.4, -0.2) is 7.11 Å². The molecule has 0 aliphatic carbocycles. The maximum absolute atomic E-state index is 12.7. The first-order valence-corrected chi connectivity index (χ1v) is 9.94. The molecule has 0 bridgehead atoms. The van der Waals surface area contributed by atoms with Crippen molar-refractivity contribution in [3.8, 4) is 5.75 Å². The number of rotatable bonds is 3. The summed E-state index contributed by atoms with van der Waals surface area (Å²) in [6, 6.07) is 9.70. The second kappa shape index (κ2) is 12.2. The summed E-state index contributed by atoms with van der Waals surface area (Å²) >= 11 is 11.8. The second-order valence-electron chi connectivity index (χ2n) is 6.37. The van der Waals surface area contributed by atoms with Gasteiger partial charge < -0.3 is 4.74 Å². The molecule has 1 nitrogen and oxygen atoms in total. The Morgan fingerprint density at radius 3 is 1.79 bits per heavy atom. The van der Waals surface area contributed by atoms with Gasteiger partial charge in [-0.05, 0) is 35.6 Å². The lowest BCUT2D eigenvalue weighted by molar-refractivity contribution is -0.138. The molecule has 0 unspecified atom stereocenters. The van der Waals surface area contributed by atoms with Crippen LogP contribution in [0.15, 0.2) is 36.4 Å². The Morgan fingerprint density at radius 2 is 1.39 bits per heavy atom. The molecule has 6 heteroatoms. The molecule has 0 fully saturated rings. The van der Waals surface area contributed by atoms with Gasteiger partial charge in [-0.15, -0.1) is 0 Å². The quantitative estimate of drug-likeness (QED) is 0.466. The topological polar surface area (TPSA) is 9.23 Å². The molecular formula is C22H29Cl2F3O. The summed E-state index contributed by atoms with van der Waals surface area (Å²) in [5, 5.41) is 1.32. The van der Waals surface area contributed by atoms with Crippen molar-refractivity contribution in [3.63, 3.8) is 0 Å². The van der Waals surface area contributed by atoms with E-state index in [4.69, 9.17) is 27.9 Å². The minimum absolute atomic E-state index is 0.215. The Bertz CT molecular complexity index is 726. The lowest BCUT2D eigenvalue weighted by Crippen LogP contribution is -2.11. The van der Waals surface area contributed by atoms with Gasteiger partial charge in [0.2, 0.25) is 0 Å². The minimum Gasteiger partial charge on any atom is -0.496 e. The maximum atomic E-state index is 12.7. The Kier molecular flexibility index (Phi) is 11.6. The zero-order valence-electron chi connectivity index (χ0n) is 17.4. The van der Waals surface area contributed by atoms with Crippen LogP contribution in [0.4, 0.5) is 13.2 Å². The van der Waals surface area contributed by atoms with E-state index in [1.165, 1.54) is 13.2 Å². The fourth-order valence-corrected chi connectivity index (χ4v) is 3.06. The first-order chi connectivity index (χ1) is 13.0. The van der Waals surface area contributed by atoms with Crippen LogP contribution in [0, 0.1) is 0 Å². The van der Waals surface area contributed by atoms with Gasteiger partial charge >= 0.3 is 6.18 Å². The first-order valence-electron chi connectivity index (χ1n) is 9.18. The SMILES string of the molecule is CC.CC(C)c1cccc(Cl)c1Cl.COc1cccc(C(F)(F)F)c1C(C)C. The molecule has 2 aromatic rings. The van der Waals surface area contributed by atoms with E-state index in [2.05, 4.69) is 13.8 Å². The van der Waals surface area contributed by atoms with Crippen LogP contribution in [0.25, 0.3) is 0 Å². The number of ether oxygens (including phenoxy) is 1. The molecule has 28 heavy (non-hydrogen) atoms.